The van der Waals surface area contributed by atoms with E-state index in [0.717, 1.165) is 21.9 Å². The molecule has 0 atom stereocenters. The quantitative estimate of drug-likeness (QED) is 0.558. The molecular weight excluding hydrogens is 338 g/mol. The molecule has 0 aliphatic carbocycles. The average molecular weight is 355 g/mol. The summed E-state index contributed by atoms with van der Waals surface area (Å²) in [5.41, 5.74) is 1.86. The molecule has 6 heteroatoms. The number of nitrogens with zero attached hydrogens (tertiary/aromatic N) is 4. The number of hydrogen-bond acceptors (Lipinski definition) is 4. The summed E-state index contributed by atoms with van der Waals surface area (Å²) >= 11 is 0. The van der Waals surface area contributed by atoms with Crippen molar-refractivity contribution in [2.45, 2.75) is 6.54 Å². The third-order valence-corrected chi connectivity index (χ3v) is 4.19. The Bertz CT molecular complexity index is 1100. The first-order valence-corrected chi connectivity index (χ1v) is 8.54. The number of benzene rings is 2. The van der Waals surface area contributed by atoms with Crippen LogP contribution in [0.5, 0.6) is 0 Å². The zero-order chi connectivity index (χ0) is 18.5. The summed E-state index contributed by atoms with van der Waals surface area (Å²) in [6.07, 6.45) is 8.09. The van der Waals surface area contributed by atoms with Crippen LogP contribution in [0.15, 0.2) is 79.5 Å². The number of hydrogen-bond donors (Lipinski definition) is 1. The van der Waals surface area contributed by atoms with Crippen molar-refractivity contribution in [2.24, 2.45) is 0 Å². The standard InChI is InChI=1S/C21H17N5O/c27-20(11-10-17-7-3-6-16-5-1-2-9-19(16)17)24-13-18-8-4-12-23-21(18)26-15-22-14-25-26/h1-12,14-15H,13H2,(H,24,27)/b11-10-. The molecule has 1 N–H and O–H groups in total. The number of pyridine rings is 1. The highest BCUT2D eigenvalue weighted by Crippen LogP contribution is 2.19. The van der Waals surface area contributed by atoms with Crippen molar-refractivity contribution in [1.29, 1.82) is 0 Å². The van der Waals surface area contributed by atoms with Crippen molar-refractivity contribution in [1.82, 2.24) is 25.1 Å². The van der Waals surface area contributed by atoms with Crippen LogP contribution < -0.4 is 5.32 Å². The lowest BCUT2D eigenvalue weighted by Gasteiger charge is -2.08. The molecule has 0 radical (unpaired) electrons. The lowest BCUT2D eigenvalue weighted by atomic mass is 10.0. The number of carbonyl (C=O) groups is 1. The molecule has 2 aromatic heterocycles. The smallest absolute Gasteiger partial charge is 0.244 e. The Morgan fingerprint density at radius 1 is 1.07 bits per heavy atom. The van der Waals surface area contributed by atoms with Crippen LogP contribution >= 0.6 is 0 Å². The summed E-state index contributed by atoms with van der Waals surface area (Å²) in [4.78, 5) is 20.5. The van der Waals surface area contributed by atoms with Crippen molar-refractivity contribution in [2.75, 3.05) is 0 Å². The number of amides is 1. The van der Waals surface area contributed by atoms with E-state index in [1.807, 2.05) is 48.5 Å². The van der Waals surface area contributed by atoms with E-state index in [9.17, 15) is 4.79 Å². The molecule has 0 spiro atoms. The van der Waals surface area contributed by atoms with E-state index in [1.54, 1.807) is 23.3 Å². The first-order chi connectivity index (χ1) is 13.3. The van der Waals surface area contributed by atoms with Gasteiger partial charge in [-0.3, -0.25) is 4.79 Å². The first-order valence-electron chi connectivity index (χ1n) is 8.54. The van der Waals surface area contributed by atoms with E-state index in [-0.39, 0.29) is 5.91 Å². The largest absolute Gasteiger partial charge is 0.348 e. The SMILES string of the molecule is O=C(/C=C\c1cccc2ccccc12)NCc1cccnc1-n1cncn1. The molecule has 0 fully saturated rings. The summed E-state index contributed by atoms with van der Waals surface area (Å²) in [7, 11) is 0. The molecule has 6 nitrogen and oxygen atoms in total. The molecule has 4 rings (SSSR count). The maximum atomic E-state index is 12.3. The Morgan fingerprint density at radius 3 is 2.85 bits per heavy atom. The highest BCUT2D eigenvalue weighted by atomic mass is 16.1. The van der Waals surface area contributed by atoms with E-state index in [0.29, 0.717) is 12.4 Å². The molecule has 1 amide bonds. The van der Waals surface area contributed by atoms with Crippen molar-refractivity contribution in [3.63, 3.8) is 0 Å². The van der Waals surface area contributed by atoms with Crippen LogP contribution in [0.3, 0.4) is 0 Å². The van der Waals surface area contributed by atoms with Gasteiger partial charge in [0.1, 0.15) is 12.7 Å². The lowest BCUT2D eigenvalue weighted by Crippen LogP contribution is -2.21. The molecular formula is C21H17N5O. The molecule has 0 saturated carbocycles. The first kappa shape index (κ1) is 16.7. The summed E-state index contributed by atoms with van der Waals surface area (Å²) in [5.74, 6) is 0.477. The fourth-order valence-electron chi connectivity index (χ4n) is 2.89. The van der Waals surface area contributed by atoms with Gasteiger partial charge in [0.25, 0.3) is 0 Å². The van der Waals surface area contributed by atoms with Crippen LogP contribution in [-0.4, -0.2) is 25.7 Å². The van der Waals surface area contributed by atoms with Gasteiger partial charge < -0.3 is 5.32 Å². The fourth-order valence-corrected chi connectivity index (χ4v) is 2.89. The summed E-state index contributed by atoms with van der Waals surface area (Å²) in [6, 6.07) is 17.9. The van der Waals surface area contributed by atoms with Gasteiger partial charge in [0, 0.05) is 24.4 Å². The summed E-state index contributed by atoms with van der Waals surface area (Å²) in [5, 5.41) is 9.25. The van der Waals surface area contributed by atoms with Gasteiger partial charge in [-0.15, -0.1) is 0 Å². The van der Waals surface area contributed by atoms with Gasteiger partial charge in [-0.1, -0.05) is 48.5 Å². The molecule has 4 aromatic rings. The molecule has 2 heterocycles. The lowest BCUT2D eigenvalue weighted by molar-refractivity contribution is -0.116. The highest BCUT2D eigenvalue weighted by Gasteiger charge is 2.07. The monoisotopic (exact) mass is 355 g/mol. The molecule has 27 heavy (non-hydrogen) atoms. The third kappa shape index (κ3) is 3.74. The minimum absolute atomic E-state index is 0.170. The zero-order valence-electron chi connectivity index (χ0n) is 14.5. The molecule has 0 aliphatic rings. The van der Waals surface area contributed by atoms with Crippen LogP contribution in [0, 0.1) is 0 Å². The van der Waals surface area contributed by atoms with Crippen LogP contribution in [0.4, 0.5) is 0 Å². The third-order valence-electron chi connectivity index (χ3n) is 4.19. The van der Waals surface area contributed by atoms with Crippen LogP contribution in [0.2, 0.25) is 0 Å². The average Bonchev–Trinajstić information content (AvgIpc) is 3.25. The van der Waals surface area contributed by atoms with Crippen molar-refractivity contribution >= 4 is 22.8 Å². The van der Waals surface area contributed by atoms with Gasteiger partial charge in [-0.25, -0.2) is 14.6 Å². The maximum Gasteiger partial charge on any atom is 0.244 e. The van der Waals surface area contributed by atoms with Crippen molar-refractivity contribution < 1.29 is 4.79 Å². The van der Waals surface area contributed by atoms with Gasteiger partial charge in [0.05, 0.1) is 0 Å². The van der Waals surface area contributed by atoms with Gasteiger partial charge in [-0.05, 0) is 28.5 Å². The summed E-state index contributed by atoms with van der Waals surface area (Å²) in [6.45, 7) is 0.349. The topological polar surface area (TPSA) is 72.7 Å². The number of carbonyl (C=O) groups excluding carboxylic acids is 1. The second-order valence-electron chi connectivity index (χ2n) is 5.95. The fraction of sp³-hybridized carbons (Fsp3) is 0.0476. The predicted molar refractivity (Wildman–Crippen MR) is 104 cm³/mol. The molecule has 0 aliphatic heterocycles. The Balaban J connectivity index is 1.47. The molecule has 132 valence electrons. The van der Waals surface area contributed by atoms with E-state index in [1.165, 1.54) is 6.33 Å². The molecule has 0 unspecified atom stereocenters. The number of rotatable bonds is 5. The van der Waals surface area contributed by atoms with Crippen LogP contribution in [-0.2, 0) is 11.3 Å². The molecule has 0 bridgehead atoms. The van der Waals surface area contributed by atoms with Crippen LogP contribution in [0.25, 0.3) is 22.7 Å². The predicted octanol–water partition coefficient (Wildman–Crippen LogP) is 3.15. The number of aromatic nitrogens is 4. The second kappa shape index (κ2) is 7.61. The van der Waals surface area contributed by atoms with E-state index in [4.69, 9.17) is 0 Å². The van der Waals surface area contributed by atoms with Gasteiger partial charge in [-0.2, -0.15) is 5.10 Å². The Kier molecular flexibility index (Phi) is 4.70. The Labute approximate surface area is 156 Å². The van der Waals surface area contributed by atoms with E-state index in [2.05, 4.69) is 32.5 Å². The Hall–Kier alpha value is -3.80. The minimum Gasteiger partial charge on any atom is -0.348 e. The molecule has 0 saturated heterocycles. The van der Waals surface area contributed by atoms with Gasteiger partial charge in [0.2, 0.25) is 5.91 Å². The maximum absolute atomic E-state index is 12.3. The Morgan fingerprint density at radius 2 is 1.96 bits per heavy atom. The van der Waals surface area contributed by atoms with E-state index >= 15 is 0 Å². The number of nitrogens with one attached hydrogen (secondary N) is 1. The second-order valence-corrected chi connectivity index (χ2v) is 5.95. The summed E-state index contributed by atoms with van der Waals surface area (Å²) < 4.78 is 1.58. The zero-order valence-corrected chi connectivity index (χ0v) is 14.5. The minimum atomic E-state index is -0.170. The van der Waals surface area contributed by atoms with Gasteiger partial charge >= 0.3 is 0 Å². The van der Waals surface area contributed by atoms with Gasteiger partial charge in [0.15, 0.2) is 5.82 Å². The van der Waals surface area contributed by atoms with Crippen LogP contribution in [0.1, 0.15) is 11.1 Å². The van der Waals surface area contributed by atoms with E-state index < -0.39 is 0 Å². The van der Waals surface area contributed by atoms with Crippen molar-refractivity contribution in [3.05, 3.63) is 90.7 Å². The van der Waals surface area contributed by atoms with Crippen molar-refractivity contribution in [3.8, 4) is 5.82 Å². The number of fused-ring (bicyclic) bond motifs is 1. The normalized spacial score (nSPS) is 11.1. The molecule has 2 aromatic carbocycles. The highest BCUT2D eigenvalue weighted by molar-refractivity contribution is 5.96.